The Bertz CT molecular complexity index is 537. The zero-order chi connectivity index (χ0) is 14.9. The minimum Gasteiger partial charge on any atom is -0.463 e. The van der Waals surface area contributed by atoms with E-state index in [1.807, 2.05) is 0 Å². The lowest BCUT2D eigenvalue weighted by atomic mass is 9.75. The molecule has 0 spiro atoms. The summed E-state index contributed by atoms with van der Waals surface area (Å²) in [5, 5.41) is 11.0. The molecule has 5 heteroatoms. The SMILES string of the molecule is CCOC(=O)C1OC(=O)c2ccccc2C1(O)C(C)C. The van der Waals surface area contributed by atoms with Crippen molar-refractivity contribution < 1.29 is 24.2 Å². The maximum Gasteiger partial charge on any atom is 0.350 e. The first-order valence-electron chi connectivity index (χ1n) is 6.62. The monoisotopic (exact) mass is 278 g/mol. The van der Waals surface area contributed by atoms with E-state index in [2.05, 4.69) is 0 Å². The fourth-order valence-electron chi connectivity index (χ4n) is 2.47. The molecule has 0 aliphatic carbocycles. The smallest absolute Gasteiger partial charge is 0.350 e. The molecule has 0 fully saturated rings. The first kappa shape index (κ1) is 14.5. The highest BCUT2D eigenvalue weighted by Crippen LogP contribution is 2.41. The predicted molar refractivity (Wildman–Crippen MR) is 71.0 cm³/mol. The van der Waals surface area contributed by atoms with Gasteiger partial charge in [-0.25, -0.2) is 9.59 Å². The average molecular weight is 278 g/mol. The summed E-state index contributed by atoms with van der Waals surface area (Å²) >= 11 is 0. The van der Waals surface area contributed by atoms with Crippen molar-refractivity contribution in [3.05, 3.63) is 35.4 Å². The molecule has 0 radical (unpaired) electrons. The molecule has 5 nitrogen and oxygen atoms in total. The van der Waals surface area contributed by atoms with E-state index in [1.165, 1.54) is 0 Å². The Morgan fingerprint density at radius 2 is 2.10 bits per heavy atom. The molecule has 0 amide bonds. The van der Waals surface area contributed by atoms with Crippen molar-refractivity contribution in [1.82, 2.24) is 0 Å². The number of hydrogen-bond donors (Lipinski definition) is 1. The van der Waals surface area contributed by atoms with Crippen LogP contribution in [0, 0.1) is 5.92 Å². The van der Waals surface area contributed by atoms with Gasteiger partial charge in [-0.3, -0.25) is 0 Å². The molecular formula is C15H18O5. The second-order valence-corrected chi connectivity index (χ2v) is 5.06. The molecule has 1 aliphatic rings. The summed E-state index contributed by atoms with van der Waals surface area (Å²) in [6.07, 6.45) is -1.34. The van der Waals surface area contributed by atoms with Crippen LogP contribution in [0.25, 0.3) is 0 Å². The van der Waals surface area contributed by atoms with Crippen molar-refractivity contribution >= 4 is 11.9 Å². The highest BCUT2D eigenvalue weighted by molar-refractivity contribution is 5.96. The number of carbonyl (C=O) groups is 2. The van der Waals surface area contributed by atoms with E-state index in [0.717, 1.165) is 0 Å². The summed E-state index contributed by atoms with van der Waals surface area (Å²) in [6.45, 7) is 5.35. The van der Waals surface area contributed by atoms with Gasteiger partial charge < -0.3 is 14.6 Å². The number of rotatable bonds is 3. The fourth-order valence-corrected chi connectivity index (χ4v) is 2.47. The zero-order valence-corrected chi connectivity index (χ0v) is 11.8. The van der Waals surface area contributed by atoms with Gasteiger partial charge in [0.2, 0.25) is 6.10 Å². The van der Waals surface area contributed by atoms with Gasteiger partial charge in [0.15, 0.2) is 0 Å². The number of fused-ring (bicyclic) bond motifs is 1. The molecule has 0 aromatic heterocycles. The lowest BCUT2D eigenvalue weighted by Gasteiger charge is -2.41. The Balaban J connectivity index is 2.57. The third-order valence-electron chi connectivity index (χ3n) is 3.58. The van der Waals surface area contributed by atoms with Crippen LogP contribution in [0.2, 0.25) is 0 Å². The summed E-state index contributed by atoms with van der Waals surface area (Å²) in [4.78, 5) is 24.0. The van der Waals surface area contributed by atoms with E-state index in [4.69, 9.17) is 9.47 Å². The molecule has 1 aliphatic heterocycles. The van der Waals surface area contributed by atoms with Crippen LogP contribution >= 0.6 is 0 Å². The number of hydrogen-bond acceptors (Lipinski definition) is 5. The van der Waals surface area contributed by atoms with Gasteiger partial charge in [0, 0.05) is 5.56 Å². The van der Waals surface area contributed by atoms with Crippen LogP contribution in [0.4, 0.5) is 0 Å². The van der Waals surface area contributed by atoms with Gasteiger partial charge >= 0.3 is 11.9 Å². The Morgan fingerprint density at radius 3 is 2.70 bits per heavy atom. The van der Waals surface area contributed by atoms with E-state index in [9.17, 15) is 14.7 Å². The molecule has 2 atom stereocenters. The molecule has 20 heavy (non-hydrogen) atoms. The first-order valence-corrected chi connectivity index (χ1v) is 6.62. The van der Waals surface area contributed by atoms with Crippen LogP contribution in [0.15, 0.2) is 24.3 Å². The molecule has 2 unspecified atom stereocenters. The quantitative estimate of drug-likeness (QED) is 0.851. The number of carbonyl (C=O) groups excluding carboxylic acids is 2. The van der Waals surface area contributed by atoms with Gasteiger partial charge in [0.25, 0.3) is 0 Å². The maximum absolute atomic E-state index is 12.0. The fraction of sp³-hybridized carbons (Fsp3) is 0.467. The summed E-state index contributed by atoms with van der Waals surface area (Å²) in [5.41, 5.74) is -0.898. The lowest BCUT2D eigenvalue weighted by molar-refractivity contribution is -0.181. The molecule has 0 saturated carbocycles. The molecule has 108 valence electrons. The van der Waals surface area contributed by atoms with Crippen molar-refractivity contribution in [2.75, 3.05) is 6.61 Å². The minimum atomic E-state index is -1.59. The van der Waals surface area contributed by atoms with Crippen LogP contribution in [-0.2, 0) is 19.9 Å². The van der Waals surface area contributed by atoms with E-state index < -0.39 is 23.6 Å². The molecular weight excluding hydrogens is 260 g/mol. The third kappa shape index (κ3) is 2.08. The Labute approximate surface area is 117 Å². The summed E-state index contributed by atoms with van der Waals surface area (Å²) in [5.74, 6) is -1.68. The maximum atomic E-state index is 12.0. The number of benzene rings is 1. The molecule has 1 aromatic rings. The first-order chi connectivity index (χ1) is 9.42. The van der Waals surface area contributed by atoms with Crippen molar-refractivity contribution in [2.24, 2.45) is 5.92 Å². The van der Waals surface area contributed by atoms with Gasteiger partial charge in [-0.15, -0.1) is 0 Å². The van der Waals surface area contributed by atoms with Crippen LogP contribution in [0.5, 0.6) is 0 Å². The van der Waals surface area contributed by atoms with E-state index in [1.54, 1.807) is 45.0 Å². The van der Waals surface area contributed by atoms with Crippen molar-refractivity contribution in [1.29, 1.82) is 0 Å². The highest BCUT2D eigenvalue weighted by atomic mass is 16.6. The highest BCUT2D eigenvalue weighted by Gasteiger charge is 2.53. The van der Waals surface area contributed by atoms with Crippen molar-refractivity contribution in [3.8, 4) is 0 Å². The van der Waals surface area contributed by atoms with Gasteiger partial charge in [-0.05, 0) is 18.9 Å². The standard InChI is InChI=1S/C15H18O5/c1-4-19-14(17)12-15(18,9(2)3)11-8-6-5-7-10(11)13(16)20-12/h5-9,12,18H,4H2,1-3H3. The van der Waals surface area contributed by atoms with Crippen LogP contribution < -0.4 is 0 Å². The van der Waals surface area contributed by atoms with Crippen LogP contribution in [0.1, 0.15) is 36.7 Å². The largest absolute Gasteiger partial charge is 0.463 e. The summed E-state index contributed by atoms with van der Waals surface area (Å²) in [6, 6.07) is 6.62. The molecule has 1 N–H and O–H groups in total. The molecule has 0 bridgehead atoms. The Kier molecular flexibility index (Phi) is 3.81. The number of ether oxygens (including phenoxy) is 2. The van der Waals surface area contributed by atoms with Gasteiger partial charge in [-0.1, -0.05) is 32.0 Å². The minimum absolute atomic E-state index is 0.155. The topological polar surface area (TPSA) is 72.8 Å². The summed E-state index contributed by atoms with van der Waals surface area (Å²) in [7, 11) is 0. The predicted octanol–water partition coefficient (Wildman–Crippen LogP) is 1.63. The van der Waals surface area contributed by atoms with Crippen LogP contribution in [-0.4, -0.2) is 29.8 Å². The second-order valence-electron chi connectivity index (χ2n) is 5.06. The van der Waals surface area contributed by atoms with E-state index in [-0.39, 0.29) is 18.1 Å². The number of esters is 2. The van der Waals surface area contributed by atoms with Crippen molar-refractivity contribution in [2.45, 2.75) is 32.5 Å². The number of cyclic esters (lactones) is 1. The molecule has 1 aromatic carbocycles. The lowest BCUT2D eigenvalue weighted by Crippen LogP contribution is -2.54. The summed E-state index contributed by atoms with van der Waals surface area (Å²) < 4.78 is 10.1. The van der Waals surface area contributed by atoms with E-state index >= 15 is 0 Å². The normalized spacial score (nSPS) is 25.1. The second kappa shape index (κ2) is 5.25. The molecule has 2 rings (SSSR count). The van der Waals surface area contributed by atoms with Gasteiger partial charge in [0.1, 0.15) is 5.60 Å². The average Bonchev–Trinajstić information content (AvgIpc) is 2.43. The molecule has 1 heterocycles. The van der Waals surface area contributed by atoms with Crippen LogP contribution in [0.3, 0.4) is 0 Å². The Hall–Kier alpha value is -1.88. The number of aliphatic hydroxyl groups is 1. The van der Waals surface area contributed by atoms with Crippen molar-refractivity contribution in [3.63, 3.8) is 0 Å². The Morgan fingerprint density at radius 1 is 1.45 bits per heavy atom. The molecule has 0 saturated heterocycles. The third-order valence-corrected chi connectivity index (χ3v) is 3.58. The van der Waals surface area contributed by atoms with Gasteiger partial charge in [-0.2, -0.15) is 0 Å². The zero-order valence-electron chi connectivity index (χ0n) is 11.8. The van der Waals surface area contributed by atoms with E-state index in [0.29, 0.717) is 5.56 Å². The van der Waals surface area contributed by atoms with Gasteiger partial charge in [0.05, 0.1) is 12.2 Å².